The van der Waals surface area contributed by atoms with E-state index in [1.54, 1.807) is 33.2 Å². The quantitative estimate of drug-likeness (QED) is 0.489. The van der Waals surface area contributed by atoms with Crippen LogP contribution in [0.5, 0.6) is 11.5 Å². The molecule has 2 aromatic carbocycles. The van der Waals surface area contributed by atoms with E-state index in [0.29, 0.717) is 30.2 Å². The number of hydrogen-bond acceptors (Lipinski definition) is 4. The number of guanidine groups is 1. The second-order valence-electron chi connectivity index (χ2n) is 6.92. The number of aliphatic imine (C=N–C) groups is 1. The molecule has 0 saturated carbocycles. The lowest BCUT2D eigenvalue weighted by molar-refractivity contribution is 0.0827. The van der Waals surface area contributed by atoms with Gasteiger partial charge in [0.15, 0.2) is 17.5 Å². The van der Waals surface area contributed by atoms with Crippen LogP contribution in [0.15, 0.2) is 47.5 Å². The van der Waals surface area contributed by atoms with E-state index in [4.69, 9.17) is 9.47 Å². The first-order valence-corrected chi connectivity index (χ1v) is 10.0. The number of hydrogen-bond donors (Lipinski definition) is 2. The molecule has 0 radical (unpaired) electrons. The van der Waals surface area contributed by atoms with Crippen LogP contribution in [0, 0.1) is 0 Å². The molecule has 0 unspecified atom stereocenters. The largest absolute Gasteiger partial charge is 0.493 e. The van der Waals surface area contributed by atoms with Crippen LogP contribution in [0.25, 0.3) is 0 Å². The fourth-order valence-electron chi connectivity index (χ4n) is 3.03. The smallest absolute Gasteiger partial charge is 0.253 e. The van der Waals surface area contributed by atoms with Gasteiger partial charge in [0.05, 0.1) is 20.8 Å². The predicted octanol–water partition coefficient (Wildman–Crippen LogP) is 2.70. The predicted molar refractivity (Wildman–Crippen MR) is 121 cm³/mol. The highest BCUT2D eigenvalue weighted by molar-refractivity contribution is 5.94. The number of amides is 1. The van der Waals surface area contributed by atoms with Crippen LogP contribution in [0.1, 0.15) is 28.4 Å². The molecule has 2 aromatic rings. The summed E-state index contributed by atoms with van der Waals surface area (Å²) in [5.74, 6) is 2.12. The summed E-state index contributed by atoms with van der Waals surface area (Å²) in [6.07, 6.45) is 0.779. The second-order valence-corrected chi connectivity index (χ2v) is 6.92. The molecule has 2 rings (SSSR count). The van der Waals surface area contributed by atoms with Crippen LogP contribution in [0.4, 0.5) is 0 Å². The van der Waals surface area contributed by atoms with Crippen molar-refractivity contribution in [1.82, 2.24) is 15.5 Å². The maximum Gasteiger partial charge on any atom is 0.253 e. The minimum absolute atomic E-state index is 0.00643. The molecule has 162 valence electrons. The van der Waals surface area contributed by atoms with Gasteiger partial charge in [0.1, 0.15) is 0 Å². The summed E-state index contributed by atoms with van der Waals surface area (Å²) in [7, 11) is 6.77. The van der Waals surface area contributed by atoms with Crippen LogP contribution in [0.3, 0.4) is 0 Å². The van der Waals surface area contributed by atoms with Crippen LogP contribution >= 0.6 is 0 Å². The normalized spacial score (nSPS) is 11.0. The minimum Gasteiger partial charge on any atom is -0.493 e. The van der Waals surface area contributed by atoms with Crippen molar-refractivity contribution in [3.63, 3.8) is 0 Å². The molecule has 0 spiro atoms. The van der Waals surface area contributed by atoms with E-state index in [2.05, 4.69) is 15.6 Å². The van der Waals surface area contributed by atoms with Crippen LogP contribution in [0.2, 0.25) is 0 Å². The van der Waals surface area contributed by atoms with E-state index in [0.717, 1.165) is 30.1 Å². The van der Waals surface area contributed by atoms with Gasteiger partial charge in [-0.3, -0.25) is 4.79 Å². The van der Waals surface area contributed by atoms with Crippen molar-refractivity contribution in [3.05, 3.63) is 59.2 Å². The van der Waals surface area contributed by atoms with Crippen molar-refractivity contribution in [1.29, 1.82) is 0 Å². The van der Waals surface area contributed by atoms with E-state index in [9.17, 15) is 4.79 Å². The van der Waals surface area contributed by atoms with E-state index in [1.807, 2.05) is 49.4 Å². The summed E-state index contributed by atoms with van der Waals surface area (Å²) in [6, 6.07) is 13.5. The Bertz CT molecular complexity index is 865. The average molecular weight is 413 g/mol. The Labute approximate surface area is 179 Å². The van der Waals surface area contributed by atoms with Crippen molar-refractivity contribution < 1.29 is 14.3 Å². The van der Waals surface area contributed by atoms with Gasteiger partial charge in [-0.15, -0.1) is 0 Å². The minimum atomic E-state index is 0.00643. The Hall–Kier alpha value is -3.22. The molecule has 0 saturated heterocycles. The third kappa shape index (κ3) is 6.40. The molecular weight excluding hydrogens is 380 g/mol. The number of carbonyl (C=O) groups is 1. The number of methoxy groups -OCH3 is 2. The van der Waals surface area contributed by atoms with Gasteiger partial charge in [0.2, 0.25) is 0 Å². The summed E-state index contributed by atoms with van der Waals surface area (Å²) in [4.78, 5) is 18.4. The Morgan fingerprint density at radius 1 is 1.07 bits per heavy atom. The third-order valence-electron chi connectivity index (χ3n) is 4.52. The van der Waals surface area contributed by atoms with Crippen molar-refractivity contribution in [3.8, 4) is 11.5 Å². The molecule has 7 heteroatoms. The number of benzene rings is 2. The first-order chi connectivity index (χ1) is 14.5. The first kappa shape index (κ1) is 23.1. The fourth-order valence-corrected chi connectivity index (χ4v) is 3.03. The zero-order chi connectivity index (χ0) is 21.9. The lowest BCUT2D eigenvalue weighted by Gasteiger charge is -2.14. The van der Waals surface area contributed by atoms with E-state index in [-0.39, 0.29) is 5.91 Å². The maximum atomic E-state index is 12.1. The first-order valence-electron chi connectivity index (χ1n) is 10.0. The molecule has 1 amide bonds. The third-order valence-corrected chi connectivity index (χ3v) is 4.52. The standard InChI is InChI=1S/C23H32N4O3/c1-6-24-23(26-16-19-11-8-12-20(29-4)21(19)30-5)25-14-13-17-9-7-10-18(15-17)22(28)27(2)3/h7-12,15H,6,13-14,16H2,1-5H3,(H2,24,25,26). The molecule has 0 heterocycles. The molecule has 7 nitrogen and oxygen atoms in total. The zero-order valence-corrected chi connectivity index (χ0v) is 18.5. The summed E-state index contributed by atoms with van der Waals surface area (Å²) in [5, 5.41) is 6.60. The van der Waals surface area contributed by atoms with Gasteiger partial charge in [-0.05, 0) is 37.1 Å². The van der Waals surface area contributed by atoms with Gasteiger partial charge in [-0.25, -0.2) is 4.99 Å². The monoisotopic (exact) mass is 412 g/mol. The summed E-state index contributed by atoms with van der Waals surface area (Å²) in [6.45, 7) is 3.94. The second kappa shape index (κ2) is 11.7. The van der Waals surface area contributed by atoms with Gasteiger partial charge < -0.3 is 25.0 Å². The molecule has 0 atom stereocenters. The highest BCUT2D eigenvalue weighted by Crippen LogP contribution is 2.31. The van der Waals surface area contributed by atoms with E-state index in [1.165, 1.54) is 0 Å². The van der Waals surface area contributed by atoms with Gasteiger partial charge in [-0.2, -0.15) is 0 Å². The molecule has 0 aromatic heterocycles. The lowest BCUT2D eigenvalue weighted by Crippen LogP contribution is -2.38. The molecule has 0 aliphatic carbocycles. The highest BCUT2D eigenvalue weighted by Gasteiger charge is 2.10. The number of nitrogens with one attached hydrogen (secondary N) is 2. The van der Waals surface area contributed by atoms with Gasteiger partial charge >= 0.3 is 0 Å². The van der Waals surface area contributed by atoms with Crippen molar-refractivity contribution in [2.45, 2.75) is 19.9 Å². The Balaban J connectivity index is 2.02. The van der Waals surface area contributed by atoms with Crippen LogP contribution in [-0.2, 0) is 13.0 Å². The molecule has 30 heavy (non-hydrogen) atoms. The number of para-hydroxylation sites is 1. The molecule has 2 N–H and O–H groups in total. The lowest BCUT2D eigenvalue weighted by atomic mass is 10.1. The van der Waals surface area contributed by atoms with Gasteiger partial charge in [-0.1, -0.05) is 24.3 Å². The summed E-state index contributed by atoms with van der Waals surface area (Å²) >= 11 is 0. The number of carbonyl (C=O) groups excluding carboxylic acids is 1. The molecule has 0 aliphatic rings. The van der Waals surface area contributed by atoms with Crippen molar-refractivity contribution in [2.24, 2.45) is 4.99 Å². The van der Waals surface area contributed by atoms with Crippen LogP contribution < -0.4 is 20.1 Å². The topological polar surface area (TPSA) is 75.2 Å². The Morgan fingerprint density at radius 2 is 1.83 bits per heavy atom. The zero-order valence-electron chi connectivity index (χ0n) is 18.5. The molecular formula is C23H32N4O3. The summed E-state index contributed by atoms with van der Waals surface area (Å²) < 4.78 is 10.8. The van der Waals surface area contributed by atoms with Gasteiger partial charge in [0, 0.05) is 38.3 Å². The number of ether oxygens (including phenoxy) is 2. The molecule has 0 fully saturated rings. The van der Waals surface area contributed by atoms with Crippen LogP contribution in [-0.4, -0.2) is 58.2 Å². The number of nitrogens with zero attached hydrogens (tertiary/aromatic N) is 2. The Morgan fingerprint density at radius 3 is 2.50 bits per heavy atom. The SMILES string of the molecule is CCNC(=NCc1cccc(OC)c1OC)NCCc1cccc(C(=O)N(C)C)c1. The number of rotatable bonds is 9. The maximum absolute atomic E-state index is 12.1. The van der Waals surface area contributed by atoms with Crippen molar-refractivity contribution >= 4 is 11.9 Å². The summed E-state index contributed by atoms with van der Waals surface area (Å²) in [5.41, 5.74) is 2.74. The molecule has 0 aliphatic heterocycles. The van der Waals surface area contributed by atoms with Crippen molar-refractivity contribution in [2.75, 3.05) is 41.4 Å². The van der Waals surface area contributed by atoms with E-state index < -0.39 is 0 Å². The highest BCUT2D eigenvalue weighted by atomic mass is 16.5. The fraction of sp³-hybridized carbons (Fsp3) is 0.391. The Kier molecular flexibility index (Phi) is 9.00. The molecule has 0 bridgehead atoms. The van der Waals surface area contributed by atoms with Gasteiger partial charge in [0.25, 0.3) is 5.91 Å². The van der Waals surface area contributed by atoms with E-state index >= 15 is 0 Å². The average Bonchev–Trinajstić information content (AvgIpc) is 2.76.